The van der Waals surface area contributed by atoms with E-state index in [0.717, 1.165) is 30.9 Å². The van der Waals surface area contributed by atoms with Crippen molar-refractivity contribution >= 4 is 52.9 Å². The third kappa shape index (κ3) is 6.76. The van der Waals surface area contributed by atoms with Crippen LogP contribution in [0.4, 0.5) is 5.69 Å². The fourth-order valence-electron chi connectivity index (χ4n) is 3.21. The van der Waals surface area contributed by atoms with E-state index in [1.54, 1.807) is 37.4 Å². The predicted molar refractivity (Wildman–Crippen MR) is 134 cm³/mol. The van der Waals surface area contributed by atoms with Gasteiger partial charge in [0.2, 0.25) is 5.91 Å². The first kappa shape index (κ1) is 24.3. The number of likely N-dealkylation sites (N-methyl/N-ethyl adjacent to an activating group) is 1. The number of benzene rings is 1. The van der Waals surface area contributed by atoms with Gasteiger partial charge in [-0.05, 0) is 30.0 Å². The second kappa shape index (κ2) is 12.0. The number of nitrogens with zero attached hydrogens (tertiary/aromatic N) is 3. The van der Waals surface area contributed by atoms with Crippen molar-refractivity contribution in [1.82, 2.24) is 15.5 Å². The van der Waals surface area contributed by atoms with Crippen molar-refractivity contribution in [3.8, 4) is 5.75 Å². The van der Waals surface area contributed by atoms with E-state index in [1.165, 1.54) is 4.88 Å². The number of halogens is 1. The molecule has 1 aliphatic heterocycles. The zero-order valence-electron chi connectivity index (χ0n) is 17.6. The zero-order chi connectivity index (χ0) is 20.6. The number of amides is 1. The molecule has 2 heterocycles. The van der Waals surface area contributed by atoms with Gasteiger partial charge in [-0.1, -0.05) is 18.2 Å². The fourth-order valence-corrected chi connectivity index (χ4v) is 3.85. The summed E-state index contributed by atoms with van der Waals surface area (Å²) in [7, 11) is 5.18. The second-order valence-corrected chi connectivity index (χ2v) is 8.17. The number of carbonyl (C=O) groups excluding carboxylic acids is 1. The van der Waals surface area contributed by atoms with Gasteiger partial charge in [0, 0.05) is 38.1 Å². The number of hydrogen-bond donors (Lipinski definition) is 2. The minimum atomic E-state index is -0.0238. The highest BCUT2D eigenvalue weighted by Gasteiger charge is 2.25. The van der Waals surface area contributed by atoms with Crippen LogP contribution in [-0.4, -0.2) is 63.6 Å². The van der Waals surface area contributed by atoms with Crippen LogP contribution < -0.4 is 20.3 Å². The third-order valence-electron chi connectivity index (χ3n) is 4.84. The lowest BCUT2D eigenvalue weighted by molar-refractivity contribution is -0.127. The SMILES string of the molecule is COc1ccccc1N1CCC(NC(=NCC(=O)N(C)C)NCc2cccs2)C1.I. The molecule has 7 nitrogen and oxygen atoms in total. The fraction of sp³-hybridized carbons (Fsp3) is 0.429. The quantitative estimate of drug-likeness (QED) is 0.320. The van der Waals surface area contributed by atoms with Crippen molar-refractivity contribution in [1.29, 1.82) is 0 Å². The first-order valence-electron chi connectivity index (χ1n) is 9.72. The molecule has 1 amide bonds. The van der Waals surface area contributed by atoms with Crippen molar-refractivity contribution in [2.45, 2.75) is 19.0 Å². The number of methoxy groups -OCH3 is 1. The molecule has 2 N–H and O–H groups in total. The van der Waals surface area contributed by atoms with Gasteiger partial charge in [0.15, 0.2) is 5.96 Å². The maximum atomic E-state index is 12.0. The molecule has 1 aromatic carbocycles. The zero-order valence-corrected chi connectivity index (χ0v) is 20.8. The van der Waals surface area contributed by atoms with Crippen molar-refractivity contribution in [3.63, 3.8) is 0 Å². The molecule has 164 valence electrons. The Balaban J connectivity index is 0.00000320. The molecule has 1 unspecified atom stereocenters. The Bertz CT molecular complexity index is 829. The number of thiophene rings is 1. The summed E-state index contributed by atoms with van der Waals surface area (Å²) in [5.41, 5.74) is 1.10. The minimum absolute atomic E-state index is 0. The van der Waals surface area contributed by atoms with Crippen LogP contribution in [0.15, 0.2) is 46.8 Å². The molecule has 0 saturated carbocycles. The smallest absolute Gasteiger partial charge is 0.243 e. The number of hydrogen-bond acceptors (Lipinski definition) is 5. The highest BCUT2D eigenvalue weighted by Crippen LogP contribution is 2.30. The van der Waals surface area contributed by atoms with Gasteiger partial charge >= 0.3 is 0 Å². The molecule has 3 rings (SSSR count). The number of guanidine groups is 1. The molecule has 1 atom stereocenters. The Morgan fingerprint density at radius 2 is 2.10 bits per heavy atom. The first-order valence-corrected chi connectivity index (χ1v) is 10.6. The van der Waals surface area contributed by atoms with Crippen LogP contribution in [0.2, 0.25) is 0 Å². The molecular weight excluding hydrogens is 513 g/mol. The number of aliphatic imine (C=N–C) groups is 1. The minimum Gasteiger partial charge on any atom is -0.495 e. The van der Waals surface area contributed by atoms with E-state index < -0.39 is 0 Å². The van der Waals surface area contributed by atoms with Crippen LogP contribution in [0.25, 0.3) is 0 Å². The van der Waals surface area contributed by atoms with Gasteiger partial charge in [0.25, 0.3) is 0 Å². The summed E-state index contributed by atoms with van der Waals surface area (Å²) in [6, 6.07) is 12.4. The van der Waals surface area contributed by atoms with Gasteiger partial charge < -0.3 is 25.2 Å². The van der Waals surface area contributed by atoms with Gasteiger partial charge in [-0.15, -0.1) is 35.3 Å². The van der Waals surface area contributed by atoms with Crippen molar-refractivity contribution in [2.75, 3.05) is 45.7 Å². The Morgan fingerprint density at radius 1 is 1.30 bits per heavy atom. The average Bonchev–Trinajstić information content (AvgIpc) is 3.41. The molecule has 1 aliphatic rings. The number of nitrogens with one attached hydrogen (secondary N) is 2. The maximum absolute atomic E-state index is 12.0. The van der Waals surface area contributed by atoms with Crippen LogP contribution in [0.5, 0.6) is 5.75 Å². The average molecular weight is 543 g/mol. The number of para-hydroxylation sites is 2. The van der Waals surface area contributed by atoms with Gasteiger partial charge in [-0.3, -0.25) is 4.79 Å². The predicted octanol–water partition coefficient (Wildman–Crippen LogP) is 2.78. The third-order valence-corrected chi connectivity index (χ3v) is 5.71. The van der Waals surface area contributed by atoms with E-state index in [4.69, 9.17) is 4.74 Å². The standard InChI is InChI=1S/C21H29N5O2S.HI/c1-25(2)20(27)14-23-21(22-13-17-7-6-12-29-17)24-16-10-11-26(15-16)18-8-4-5-9-19(18)28-3;/h4-9,12,16H,10-11,13-15H2,1-3H3,(H2,22,23,24);1H. The molecule has 0 aliphatic carbocycles. The van der Waals surface area contributed by atoms with Gasteiger partial charge in [0.05, 0.1) is 19.3 Å². The number of carbonyl (C=O) groups is 1. The molecule has 0 radical (unpaired) electrons. The van der Waals surface area contributed by atoms with Gasteiger partial charge in [-0.2, -0.15) is 0 Å². The maximum Gasteiger partial charge on any atom is 0.243 e. The lowest BCUT2D eigenvalue weighted by Crippen LogP contribution is -2.45. The summed E-state index contributed by atoms with van der Waals surface area (Å²) in [4.78, 5) is 21.6. The summed E-state index contributed by atoms with van der Waals surface area (Å²) >= 11 is 1.70. The van der Waals surface area contributed by atoms with Crippen molar-refractivity contribution in [2.24, 2.45) is 4.99 Å². The molecule has 1 aromatic heterocycles. The summed E-state index contributed by atoms with van der Waals surface area (Å²) in [5.74, 6) is 1.53. The van der Waals surface area contributed by atoms with E-state index in [-0.39, 0.29) is 42.5 Å². The molecule has 30 heavy (non-hydrogen) atoms. The van der Waals surface area contributed by atoms with Crippen molar-refractivity contribution in [3.05, 3.63) is 46.7 Å². The Labute approximate surface area is 199 Å². The van der Waals surface area contributed by atoms with Crippen LogP contribution in [0.1, 0.15) is 11.3 Å². The van der Waals surface area contributed by atoms with E-state index in [9.17, 15) is 4.79 Å². The Morgan fingerprint density at radius 3 is 2.80 bits per heavy atom. The molecule has 1 saturated heterocycles. The van der Waals surface area contributed by atoms with Gasteiger partial charge in [0.1, 0.15) is 12.3 Å². The number of ether oxygens (including phenoxy) is 1. The lowest BCUT2D eigenvalue weighted by Gasteiger charge is -2.22. The summed E-state index contributed by atoms with van der Waals surface area (Å²) in [6.45, 7) is 2.59. The Kier molecular flexibility index (Phi) is 9.70. The monoisotopic (exact) mass is 543 g/mol. The van der Waals surface area contributed by atoms with Crippen LogP contribution >= 0.6 is 35.3 Å². The Hall–Kier alpha value is -2.01. The van der Waals surface area contributed by atoms with E-state index >= 15 is 0 Å². The lowest BCUT2D eigenvalue weighted by atomic mass is 10.2. The largest absolute Gasteiger partial charge is 0.495 e. The molecule has 9 heteroatoms. The highest BCUT2D eigenvalue weighted by atomic mass is 127. The van der Waals surface area contributed by atoms with E-state index in [1.807, 2.05) is 24.3 Å². The molecule has 0 spiro atoms. The summed E-state index contributed by atoms with van der Waals surface area (Å²) in [5, 5.41) is 8.91. The normalized spacial score (nSPS) is 16.0. The summed E-state index contributed by atoms with van der Waals surface area (Å²) < 4.78 is 5.50. The summed E-state index contributed by atoms with van der Waals surface area (Å²) in [6.07, 6.45) is 0.985. The van der Waals surface area contributed by atoms with Gasteiger partial charge in [-0.25, -0.2) is 4.99 Å². The first-order chi connectivity index (χ1) is 14.1. The van der Waals surface area contributed by atoms with Crippen molar-refractivity contribution < 1.29 is 9.53 Å². The van der Waals surface area contributed by atoms with E-state index in [2.05, 4.69) is 38.0 Å². The second-order valence-electron chi connectivity index (χ2n) is 7.13. The molecular formula is C21H30IN5O2S. The van der Waals surface area contributed by atoms with Crippen LogP contribution in [0, 0.1) is 0 Å². The highest BCUT2D eigenvalue weighted by molar-refractivity contribution is 14.0. The molecule has 2 aromatic rings. The van der Waals surface area contributed by atoms with E-state index in [0.29, 0.717) is 12.5 Å². The van der Waals surface area contributed by atoms with Crippen LogP contribution in [-0.2, 0) is 11.3 Å². The topological polar surface area (TPSA) is 69.2 Å². The van der Waals surface area contributed by atoms with Crippen LogP contribution in [0.3, 0.4) is 0 Å². The molecule has 1 fully saturated rings. The number of anilines is 1. The number of rotatable bonds is 7. The molecule has 0 bridgehead atoms.